The van der Waals surface area contributed by atoms with E-state index < -0.39 is 0 Å². The molecule has 1 aromatic rings. The largest absolute Gasteiger partial charge is 0.457 e. The van der Waals surface area contributed by atoms with Crippen molar-refractivity contribution in [3.05, 3.63) is 22.6 Å². The van der Waals surface area contributed by atoms with Crippen molar-refractivity contribution in [3.8, 4) is 0 Å². The van der Waals surface area contributed by atoms with Crippen molar-refractivity contribution in [2.24, 2.45) is 0 Å². The monoisotopic (exact) mass is 287 g/mol. The first-order valence-corrected chi connectivity index (χ1v) is 6.15. The topological polar surface area (TPSA) is 51.5 Å². The maximum Gasteiger partial charge on any atom is 0.255 e. The van der Waals surface area contributed by atoms with E-state index in [1.54, 1.807) is 6.07 Å². The zero-order valence-electron chi connectivity index (χ0n) is 9.03. The molecule has 0 radical (unpaired) electrons. The molecule has 16 heavy (non-hydrogen) atoms. The third kappa shape index (κ3) is 2.47. The summed E-state index contributed by atoms with van der Waals surface area (Å²) >= 11 is 3.18. The van der Waals surface area contributed by atoms with Crippen LogP contribution in [0.25, 0.3) is 0 Å². The maximum atomic E-state index is 11.8. The van der Waals surface area contributed by atoms with Crippen LogP contribution in [0.3, 0.4) is 0 Å². The van der Waals surface area contributed by atoms with Crippen LogP contribution in [0.2, 0.25) is 0 Å². The lowest BCUT2D eigenvalue weighted by molar-refractivity contribution is -0.00863. The smallest absolute Gasteiger partial charge is 0.255 e. The fourth-order valence-corrected chi connectivity index (χ4v) is 2.19. The van der Waals surface area contributed by atoms with E-state index in [0.29, 0.717) is 16.3 Å². The minimum atomic E-state index is -0.0967. The Kier molecular flexibility index (Phi) is 3.66. The van der Waals surface area contributed by atoms with Gasteiger partial charge in [0.25, 0.3) is 5.91 Å². The quantitative estimate of drug-likeness (QED) is 0.925. The van der Waals surface area contributed by atoms with Gasteiger partial charge in [0.2, 0.25) is 0 Å². The van der Waals surface area contributed by atoms with E-state index in [0.717, 1.165) is 19.4 Å². The Labute approximate surface area is 102 Å². The molecule has 2 rings (SSSR count). The zero-order valence-corrected chi connectivity index (χ0v) is 10.6. The Morgan fingerprint density at radius 3 is 3.00 bits per heavy atom. The minimum Gasteiger partial charge on any atom is -0.457 e. The Bertz CT molecular complexity index is 371. The van der Waals surface area contributed by atoms with Crippen molar-refractivity contribution in [1.82, 2.24) is 5.32 Å². The van der Waals surface area contributed by atoms with Gasteiger partial charge in [-0.3, -0.25) is 4.79 Å². The molecule has 1 heterocycles. The summed E-state index contributed by atoms with van der Waals surface area (Å²) in [5, 5.41) is 2.94. The summed E-state index contributed by atoms with van der Waals surface area (Å²) in [6, 6.07) is 1.88. The molecule has 0 atom stereocenters. The molecule has 0 bridgehead atoms. The average molecular weight is 288 g/mol. The van der Waals surface area contributed by atoms with Gasteiger partial charge in [0.05, 0.1) is 17.9 Å². The zero-order chi connectivity index (χ0) is 11.5. The molecule has 0 aliphatic heterocycles. The molecule has 0 spiro atoms. The first-order chi connectivity index (χ1) is 7.70. The molecule has 1 aliphatic rings. The summed E-state index contributed by atoms with van der Waals surface area (Å²) in [5.74, 6) is -0.0967. The number of amides is 1. The molecule has 1 amide bonds. The summed E-state index contributed by atoms with van der Waals surface area (Å²) in [4.78, 5) is 11.8. The van der Waals surface area contributed by atoms with Gasteiger partial charge in [0, 0.05) is 12.6 Å². The van der Waals surface area contributed by atoms with Gasteiger partial charge in [-0.05, 0) is 41.8 Å². The van der Waals surface area contributed by atoms with Crippen molar-refractivity contribution in [2.75, 3.05) is 6.61 Å². The van der Waals surface area contributed by atoms with E-state index in [-0.39, 0.29) is 11.9 Å². The van der Waals surface area contributed by atoms with Crippen LogP contribution in [0.15, 0.2) is 21.4 Å². The van der Waals surface area contributed by atoms with Crippen molar-refractivity contribution >= 4 is 21.8 Å². The van der Waals surface area contributed by atoms with Gasteiger partial charge in [0.1, 0.15) is 0 Å². The van der Waals surface area contributed by atoms with Gasteiger partial charge in [-0.15, -0.1) is 0 Å². The number of ether oxygens (including phenoxy) is 1. The molecule has 0 unspecified atom stereocenters. The number of carbonyl (C=O) groups excluding carboxylic acids is 1. The summed E-state index contributed by atoms with van der Waals surface area (Å²) < 4.78 is 10.9. The average Bonchev–Trinajstić information content (AvgIpc) is 2.61. The molecule has 0 saturated heterocycles. The van der Waals surface area contributed by atoms with Gasteiger partial charge in [-0.1, -0.05) is 0 Å². The fraction of sp³-hybridized carbons (Fsp3) is 0.545. The lowest BCUT2D eigenvalue weighted by Gasteiger charge is -2.35. The van der Waals surface area contributed by atoms with Crippen molar-refractivity contribution < 1.29 is 13.9 Å². The van der Waals surface area contributed by atoms with Gasteiger partial charge >= 0.3 is 0 Å². The molecule has 1 saturated carbocycles. The summed E-state index contributed by atoms with van der Waals surface area (Å²) in [5.41, 5.74) is 0.542. The van der Waals surface area contributed by atoms with Crippen molar-refractivity contribution in [1.29, 1.82) is 0 Å². The molecular formula is C11H14BrNO3. The minimum absolute atomic E-state index is 0.0967. The molecule has 1 aliphatic carbocycles. The van der Waals surface area contributed by atoms with E-state index in [4.69, 9.17) is 9.15 Å². The molecule has 5 heteroatoms. The highest BCUT2D eigenvalue weighted by Gasteiger charge is 2.31. The van der Waals surface area contributed by atoms with Crippen LogP contribution in [0.1, 0.15) is 30.1 Å². The third-order valence-corrected chi connectivity index (χ3v) is 3.31. The molecule has 4 nitrogen and oxygen atoms in total. The second kappa shape index (κ2) is 5.01. The maximum absolute atomic E-state index is 11.8. The summed E-state index contributed by atoms with van der Waals surface area (Å²) in [6.45, 7) is 2.72. The van der Waals surface area contributed by atoms with E-state index in [1.165, 1.54) is 6.26 Å². The van der Waals surface area contributed by atoms with Crippen LogP contribution in [-0.4, -0.2) is 24.7 Å². The van der Waals surface area contributed by atoms with E-state index >= 15 is 0 Å². The SMILES string of the molecule is CCOC1CC(NC(=O)c2ccoc2Br)C1. The van der Waals surface area contributed by atoms with E-state index in [9.17, 15) is 4.79 Å². The Balaban J connectivity index is 1.80. The van der Waals surface area contributed by atoms with Crippen LogP contribution < -0.4 is 5.32 Å². The lowest BCUT2D eigenvalue weighted by Crippen LogP contribution is -2.47. The Hall–Kier alpha value is -0.810. The Morgan fingerprint density at radius 2 is 2.44 bits per heavy atom. The fourth-order valence-electron chi connectivity index (χ4n) is 1.77. The summed E-state index contributed by atoms with van der Waals surface area (Å²) in [7, 11) is 0. The van der Waals surface area contributed by atoms with E-state index in [2.05, 4.69) is 21.2 Å². The molecule has 0 aromatic carbocycles. The predicted molar refractivity (Wildman–Crippen MR) is 62.3 cm³/mol. The Morgan fingerprint density at radius 1 is 1.69 bits per heavy atom. The van der Waals surface area contributed by atoms with Crippen LogP contribution in [0, 0.1) is 0 Å². The number of nitrogens with one attached hydrogen (secondary N) is 1. The van der Waals surface area contributed by atoms with Gasteiger partial charge in [-0.2, -0.15) is 0 Å². The van der Waals surface area contributed by atoms with Crippen LogP contribution in [-0.2, 0) is 4.74 Å². The highest BCUT2D eigenvalue weighted by atomic mass is 79.9. The standard InChI is InChI=1S/C11H14BrNO3/c1-2-15-8-5-7(6-8)13-11(14)9-3-4-16-10(9)12/h3-4,7-8H,2,5-6H2,1H3,(H,13,14). The number of furan rings is 1. The summed E-state index contributed by atoms with van der Waals surface area (Å²) in [6.07, 6.45) is 3.59. The first-order valence-electron chi connectivity index (χ1n) is 5.36. The normalized spacial score (nSPS) is 23.9. The third-order valence-electron chi connectivity index (χ3n) is 2.70. The molecular weight excluding hydrogens is 274 g/mol. The van der Waals surface area contributed by atoms with Gasteiger partial charge < -0.3 is 14.5 Å². The highest BCUT2D eigenvalue weighted by Crippen LogP contribution is 2.24. The number of halogens is 1. The lowest BCUT2D eigenvalue weighted by atomic mass is 9.89. The highest BCUT2D eigenvalue weighted by molar-refractivity contribution is 9.10. The van der Waals surface area contributed by atoms with Crippen molar-refractivity contribution in [3.63, 3.8) is 0 Å². The van der Waals surface area contributed by atoms with Gasteiger partial charge in [0.15, 0.2) is 4.67 Å². The molecule has 1 fully saturated rings. The van der Waals surface area contributed by atoms with Crippen LogP contribution in [0.5, 0.6) is 0 Å². The van der Waals surface area contributed by atoms with Crippen molar-refractivity contribution in [2.45, 2.75) is 31.9 Å². The predicted octanol–water partition coefficient (Wildman–Crippen LogP) is 2.34. The number of carbonyl (C=O) groups is 1. The second-order valence-corrected chi connectivity index (χ2v) is 4.55. The van der Waals surface area contributed by atoms with Gasteiger partial charge in [-0.25, -0.2) is 0 Å². The first kappa shape index (κ1) is 11.7. The van der Waals surface area contributed by atoms with E-state index in [1.807, 2.05) is 6.92 Å². The van der Waals surface area contributed by atoms with Crippen LogP contribution >= 0.6 is 15.9 Å². The number of rotatable bonds is 4. The molecule has 1 aromatic heterocycles. The number of hydrogen-bond acceptors (Lipinski definition) is 3. The van der Waals surface area contributed by atoms with Crippen LogP contribution in [0.4, 0.5) is 0 Å². The molecule has 88 valence electrons. The molecule has 1 N–H and O–H groups in total. The second-order valence-electron chi connectivity index (χ2n) is 3.83. The number of hydrogen-bond donors (Lipinski definition) is 1.